The normalized spacial score (nSPS) is 13.7. The van der Waals surface area contributed by atoms with Gasteiger partial charge in [0.25, 0.3) is 0 Å². The van der Waals surface area contributed by atoms with Crippen molar-refractivity contribution in [3.05, 3.63) is 52.0 Å². The number of amides is 1. The van der Waals surface area contributed by atoms with E-state index in [2.05, 4.69) is 10.3 Å². The monoisotopic (exact) mass is 303 g/mol. The van der Waals surface area contributed by atoms with Gasteiger partial charge in [0.15, 0.2) is 0 Å². The number of hydrogen-bond acceptors (Lipinski definition) is 4. The summed E-state index contributed by atoms with van der Waals surface area (Å²) >= 11 is 1.57. The van der Waals surface area contributed by atoms with E-state index < -0.39 is 0 Å². The Kier molecular flexibility index (Phi) is 5.47. The predicted octanol–water partition coefficient (Wildman–Crippen LogP) is 3.11. The molecule has 0 saturated carbocycles. The molecule has 2 unspecified atom stereocenters. The molecular weight excluding hydrogens is 282 g/mol. The van der Waals surface area contributed by atoms with Gasteiger partial charge in [-0.1, -0.05) is 30.3 Å². The number of thiazole rings is 1. The smallest absolute Gasteiger partial charge is 0.220 e. The Morgan fingerprint density at radius 1 is 1.38 bits per heavy atom. The number of benzene rings is 1. The second-order valence-corrected chi connectivity index (χ2v) is 6.06. The van der Waals surface area contributed by atoms with Crippen LogP contribution < -0.4 is 11.1 Å². The average Bonchev–Trinajstić information content (AvgIpc) is 2.92. The molecular formula is C16H21N3OS. The zero-order valence-corrected chi connectivity index (χ0v) is 13.2. The first-order chi connectivity index (χ1) is 10.1. The van der Waals surface area contributed by atoms with Crippen molar-refractivity contribution >= 4 is 17.2 Å². The molecule has 2 rings (SSSR count). The summed E-state index contributed by atoms with van der Waals surface area (Å²) in [4.78, 5) is 16.4. The molecule has 112 valence electrons. The lowest BCUT2D eigenvalue weighted by molar-refractivity contribution is -0.121. The molecule has 1 amide bonds. The lowest BCUT2D eigenvalue weighted by atomic mass is 10.0. The van der Waals surface area contributed by atoms with Gasteiger partial charge in [0, 0.05) is 23.5 Å². The van der Waals surface area contributed by atoms with E-state index in [4.69, 9.17) is 5.73 Å². The van der Waals surface area contributed by atoms with Crippen LogP contribution in [0.4, 0.5) is 0 Å². The fraction of sp³-hybridized carbons (Fsp3) is 0.375. The van der Waals surface area contributed by atoms with Gasteiger partial charge in [-0.3, -0.25) is 4.79 Å². The van der Waals surface area contributed by atoms with Crippen LogP contribution in [0, 0.1) is 6.92 Å². The summed E-state index contributed by atoms with van der Waals surface area (Å²) in [6, 6.07) is 9.70. The number of carbonyl (C=O) groups excluding carboxylic acids is 1. The molecule has 21 heavy (non-hydrogen) atoms. The summed E-state index contributed by atoms with van der Waals surface area (Å²) in [5, 5.41) is 5.90. The highest BCUT2D eigenvalue weighted by Crippen LogP contribution is 2.19. The summed E-state index contributed by atoms with van der Waals surface area (Å²) in [6.07, 6.45) is 1.06. The van der Waals surface area contributed by atoms with Crippen molar-refractivity contribution in [1.82, 2.24) is 10.3 Å². The van der Waals surface area contributed by atoms with Gasteiger partial charge in [0.05, 0.1) is 6.04 Å². The highest BCUT2D eigenvalue weighted by atomic mass is 32.1. The highest BCUT2D eigenvalue weighted by Gasteiger charge is 2.14. The van der Waals surface area contributed by atoms with Crippen molar-refractivity contribution in [3.63, 3.8) is 0 Å². The first-order valence-corrected chi connectivity index (χ1v) is 7.96. The number of nitrogens with two attached hydrogens (primary N) is 1. The molecule has 0 bridgehead atoms. The van der Waals surface area contributed by atoms with Crippen molar-refractivity contribution in [2.45, 2.75) is 38.8 Å². The van der Waals surface area contributed by atoms with Crippen LogP contribution in [0.25, 0.3) is 0 Å². The van der Waals surface area contributed by atoms with Gasteiger partial charge in [-0.2, -0.15) is 0 Å². The van der Waals surface area contributed by atoms with Crippen molar-refractivity contribution < 1.29 is 4.79 Å². The van der Waals surface area contributed by atoms with Crippen LogP contribution in [-0.2, 0) is 4.79 Å². The van der Waals surface area contributed by atoms with Gasteiger partial charge in [-0.25, -0.2) is 4.98 Å². The van der Waals surface area contributed by atoms with E-state index in [1.54, 1.807) is 11.3 Å². The Labute approximate surface area is 129 Å². The molecule has 5 heteroatoms. The third-order valence-electron chi connectivity index (χ3n) is 3.29. The minimum absolute atomic E-state index is 0.0155. The van der Waals surface area contributed by atoms with Gasteiger partial charge in [0.1, 0.15) is 5.01 Å². The summed E-state index contributed by atoms with van der Waals surface area (Å²) in [7, 11) is 0. The molecule has 1 heterocycles. The van der Waals surface area contributed by atoms with E-state index in [-0.39, 0.29) is 18.0 Å². The zero-order chi connectivity index (χ0) is 15.2. The number of aryl methyl sites for hydroxylation is 1. The van der Waals surface area contributed by atoms with Crippen molar-refractivity contribution in [3.8, 4) is 0 Å². The van der Waals surface area contributed by atoms with Crippen molar-refractivity contribution in [1.29, 1.82) is 0 Å². The minimum Gasteiger partial charge on any atom is -0.347 e. The molecule has 0 saturated heterocycles. The molecule has 0 spiro atoms. The quantitative estimate of drug-likeness (QED) is 0.861. The summed E-state index contributed by atoms with van der Waals surface area (Å²) in [5.41, 5.74) is 8.15. The van der Waals surface area contributed by atoms with Crippen LogP contribution >= 0.6 is 11.3 Å². The Hall–Kier alpha value is -1.72. The van der Waals surface area contributed by atoms with E-state index in [0.717, 1.165) is 16.3 Å². The van der Waals surface area contributed by atoms with Crippen LogP contribution in [0.5, 0.6) is 0 Å². The molecule has 3 N–H and O–H groups in total. The highest BCUT2D eigenvalue weighted by molar-refractivity contribution is 7.09. The summed E-state index contributed by atoms with van der Waals surface area (Å²) in [5.74, 6) is 0.0155. The van der Waals surface area contributed by atoms with Gasteiger partial charge in [0.2, 0.25) is 5.91 Å². The predicted molar refractivity (Wildman–Crippen MR) is 86.0 cm³/mol. The largest absolute Gasteiger partial charge is 0.347 e. The van der Waals surface area contributed by atoms with Gasteiger partial charge < -0.3 is 11.1 Å². The number of nitrogens with one attached hydrogen (secondary N) is 1. The minimum atomic E-state index is -0.102. The Bertz CT molecular complexity index is 582. The molecule has 2 atom stereocenters. The second-order valence-electron chi connectivity index (χ2n) is 5.17. The van der Waals surface area contributed by atoms with E-state index >= 15 is 0 Å². The lowest BCUT2D eigenvalue weighted by Gasteiger charge is -2.14. The molecule has 1 aromatic heterocycles. The summed E-state index contributed by atoms with van der Waals surface area (Å²) < 4.78 is 0. The van der Waals surface area contributed by atoms with E-state index in [9.17, 15) is 4.79 Å². The molecule has 4 nitrogen and oxygen atoms in total. The molecule has 0 aliphatic carbocycles. The average molecular weight is 303 g/mol. The zero-order valence-electron chi connectivity index (χ0n) is 12.4. The van der Waals surface area contributed by atoms with Crippen molar-refractivity contribution in [2.75, 3.05) is 0 Å². The molecule has 0 fully saturated rings. The number of aromatic nitrogens is 1. The molecule has 0 aliphatic heterocycles. The number of carbonyl (C=O) groups is 1. The molecule has 2 aromatic rings. The standard InChI is InChI=1S/C16H21N3OS/c1-11-10-21-16(18-11)12(2)19-15(20)9-8-14(17)13-6-4-3-5-7-13/h3-7,10,12,14H,8-9,17H2,1-2H3,(H,19,20). The Morgan fingerprint density at radius 2 is 2.10 bits per heavy atom. The van der Waals surface area contributed by atoms with Crippen LogP contribution in [0.3, 0.4) is 0 Å². The maximum absolute atomic E-state index is 12.0. The SMILES string of the molecule is Cc1csc(C(C)NC(=O)CCC(N)c2ccccc2)n1. The molecule has 0 radical (unpaired) electrons. The Morgan fingerprint density at radius 3 is 2.71 bits per heavy atom. The summed E-state index contributed by atoms with van der Waals surface area (Å²) in [6.45, 7) is 3.90. The van der Waals surface area contributed by atoms with Crippen LogP contribution in [0.2, 0.25) is 0 Å². The lowest BCUT2D eigenvalue weighted by Crippen LogP contribution is -2.27. The number of rotatable bonds is 6. The van der Waals surface area contributed by atoms with E-state index in [1.165, 1.54) is 0 Å². The third-order valence-corrected chi connectivity index (χ3v) is 4.44. The second kappa shape index (κ2) is 7.33. The fourth-order valence-electron chi connectivity index (χ4n) is 2.10. The van der Waals surface area contributed by atoms with E-state index in [1.807, 2.05) is 49.6 Å². The first kappa shape index (κ1) is 15.7. The Balaban J connectivity index is 1.79. The van der Waals surface area contributed by atoms with Gasteiger partial charge >= 0.3 is 0 Å². The number of hydrogen-bond donors (Lipinski definition) is 2. The van der Waals surface area contributed by atoms with Crippen LogP contribution in [-0.4, -0.2) is 10.9 Å². The maximum Gasteiger partial charge on any atom is 0.220 e. The van der Waals surface area contributed by atoms with Crippen LogP contribution in [0.1, 0.15) is 48.1 Å². The molecule has 1 aromatic carbocycles. The van der Waals surface area contributed by atoms with Crippen LogP contribution in [0.15, 0.2) is 35.7 Å². The van der Waals surface area contributed by atoms with Gasteiger partial charge in [-0.05, 0) is 25.8 Å². The first-order valence-electron chi connectivity index (χ1n) is 7.08. The fourth-order valence-corrected chi connectivity index (χ4v) is 2.90. The van der Waals surface area contributed by atoms with E-state index in [0.29, 0.717) is 12.8 Å². The van der Waals surface area contributed by atoms with Crippen molar-refractivity contribution in [2.24, 2.45) is 5.73 Å². The topological polar surface area (TPSA) is 68.0 Å². The number of nitrogens with zero attached hydrogens (tertiary/aromatic N) is 1. The van der Waals surface area contributed by atoms with Gasteiger partial charge in [-0.15, -0.1) is 11.3 Å². The third kappa shape index (κ3) is 4.65. The molecule has 0 aliphatic rings. The maximum atomic E-state index is 12.0.